The van der Waals surface area contributed by atoms with E-state index in [-0.39, 0.29) is 6.61 Å². The van der Waals surface area contributed by atoms with Crippen LogP contribution in [0.2, 0.25) is 0 Å². The molecule has 5 heteroatoms. The van der Waals surface area contributed by atoms with Crippen LogP contribution in [-0.2, 0) is 4.74 Å². The lowest BCUT2D eigenvalue weighted by Gasteiger charge is -2.31. The van der Waals surface area contributed by atoms with Gasteiger partial charge in [-0.25, -0.2) is 0 Å². The van der Waals surface area contributed by atoms with E-state index in [1.54, 1.807) is 0 Å². The van der Waals surface area contributed by atoms with Crippen LogP contribution in [0.25, 0.3) is 0 Å². The van der Waals surface area contributed by atoms with E-state index < -0.39 is 24.6 Å². The minimum absolute atomic E-state index is 0.153. The van der Waals surface area contributed by atoms with Crippen molar-refractivity contribution >= 4 is 0 Å². The summed E-state index contributed by atoms with van der Waals surface area (Å²) in [5, 5.41) is 35.3. The molecule has 0 aromatic heterocycles. The molecule has 1 heterocycles. The molecule has 0 aliphatic carbocycles. The molecule has 10 heavy (non-hydrogen) atoms. The normalized spacial score (nSPS) is 49.2. The second-order valence-corrected chi connectivity index (χ2v) is 2.27. The lowest BCUT2D eigenvalue weighted by atomic mass is 10.1. The van der Waals surface area contributed by atoms with E-state index in [4.69, 9.17) is 20.4 Å². The molecule has 0 saturated carbocycles. The molecular weight excluding hydrogens is 141 g/mol. The van der Waals surface area contributed by atoms with Gasteiger partial charge in [0.1, 0.15) is 18.3 Å². The molecule has 5 nitrogen and oxygen atoms in total. The molecule has 1 rings (SSSR count). The summed E-state index contributed by atoms with van der Waals surface area (Å²) in [6.45, 7) is -0.153. The van der Waals surface area contributed by atoms with Crippen molar-refractivity contribution in [2.24, 2.45) is 0 Å². The Hall–Kier alpha value is -0.200. The van der Waals surface area contributed by atoms with Crippen LogP contribution in [0.3, 0.4) is 0 Å². The number of aliphatic hydroxyl groups excluding tert-OH is 4. The summed E-state index contributed by atoms with van der Waals surface area (Å²) >= 11 is 0. The lowest BCUT2D eigenvalue weighted by Crippen LogP contribution is -2.52. The van der Waals surface area contributed by atoms with Gasteiger partial charge in [-0.15, -0.1) is 0 Å². The Morgan fingerprint density at radius 3 is 2.10 bits per heavy atom. The van der Waals surface area contributed by atoms with Crippen LogP contribution in [0.5, 0.6) is 0 Å². The quantitative estimate of drug-likeness (QED) is 0.285. The molecule has 0 amide bonds. The summed E-state index contributed by atoms with van der Waals surface area (Å²) < 4.78 is 4.47. The molecular formula is C5H10O5. The summed E-state index contributed by atoms with van der Waals surface area (Å²) in [5.74, 6) is 0. The summed E-state index contributed by atoms with van der Waals surface area (Å²) in [5.41, 5.74) is 0. The van der Waals surface area contributed by atoms with Crippen molar-refractivity contribution in [2.45, 2.75) is 24.6 Å². The van der Waals surface area contributed by atoms with Crippen LogP contribution >= 0.6 is 0 Å². The molecule has 0 spiro atoms. The van der Waals surface area contributed by atoms with E-state index in [0.29, 0.717) is 0 Å². The molecule has 1 fully saturated rings. The van der Waals surface area contributed by atoms with E-state index in [2.05, 4.69) is 4.74 Å². The Balaban J connectivity index is 2.52. The zero-order valence-corrected chi connectivity index (χ0v) is 5.21. The number of aliphatic hydroxyl groups is 4. The van der Waals surface area contributed by atoms with Gasteiger partial charge < -0.3 is 25.2 Å². The summed E-state index contributed by atoms with van der Waals surface area (Å²) in [6.07, 6.45) is -5.23. The highest BCUT2D eigenvalue weighted by molar-refractivity contribution is 4.81. The van der Waals surface area contributed by atoms with Crippen molar-refractivity contribution in [3.8, 4) is 0 Å². The highest BCUT2D eigenvalue weighted by Gasteiger charge is 2.36. The van der Waals surface area contributed by atoms with Crippen LogP contribution in [0.1, 0.15) is 0 Å². The maximum Gasteiger partial charge on any atom is 0.183 e. The number of ether oxygens (including phenoxy) is 1. The van der Waals surface area contributed by atoms with Gasteiger partial charge in [0.25, 0.3) is 0 Å². The Bertz CT molecular complexity index is 103. The van der Waals surface area contributed by atoms with Crippen molar-refractivity contribution in [1.29, 1.82) is 0 Å². The monoisotopic (exact) mass is 151 g/mol. The minimum atomic E-state index is -1.41. The molecule has 1 saturated heterocycles. The van der Waals surface area contributed by atoms with Gasteiger partial charge in [0.15, 0.2) is 6.29 Å². The molecule has 1 aliphatic rings. The minimum Gasteiger partial charge on any atom is -0.388 e. The molecule has 60 valence electrons. The standard InChI is InChI=1S/C5H10O5/c6-2-1-10-5(9)4(8)3(2)7/h2-9H,1H2/t2-,3+,4-,5?/m0/s1/i1+1. The van der Waals surface area contributed by atoms with Crippen LogP contribution < -0.4 is 0 Å². The van der Waals surface area contributed by atoms with Crippen LogP contribution in [0.15, 0.2) is 0 Å². The third kappa shape index (κ3) is 1.28. The highest BCUT2D eigenvalue weighted by Crippen LogP contribution is 2.12. The predicted molar refractivity (Wildman–Crippen MR) is 30.0 cm³/mol. The van der Waals surface area contributed by atoms with Gasteiger partial charge in [-0.05, 0) is 0 Å². The van der Waals surface area contributed by atoms with Gasteiger partial charge in [0.2, 0.25) is 0 Å². The van der Waals surface area contributed by atoms with Crippen molar-refractivity contribution in [1.82, 2.24) is 0 Å². The SMILES string of the molecule is OC1O[13CH2][C@H](O)[C@@H](O)[C@@H]1O. The predicted octanol–water partition coefficient (Wildman–Crippen LogP) is -2.58. The second kappa shape index (κ2) is 2.81. The van der Waals surface area contributed by atoms with Gasteiger partial charge in [0.05, 0.1) is 6.61 Å². The summed E-state index contributed by atoms with van der Waals surface area (Å²) in [4.78, 5) is 0. The summed E-state index contributed by atoms with van der Waals surface area (Å²) in [7, 11) is 0. The van der Waals surface area contributed by atoms with Gasteiger partial charge in [-0.2, -0.15) is 0 Å². The van der Waals surface area contributed by atoms with Gasteiger partial charge in [-0.1, -0.05) is 0 Å². The third-order valence-corrected chi connectivity index (χ3v) is 1.47. The van der Waals surface area contributed by atoms with E-state index in [1.165, 1.54) is 0 Å². The zero-order chi connectivity index (χ0) is 7.72. The summed E-state index contributed by atoms with van der Waals surface area (Å²) in [6, 6.07) is 0. The first-order valence-electron chi connectivity index (χ1n) is 2.97. The molecule has 1 aliphatic heterocycles. The number of hydrogen-bond donors (Lipinski definition) is 4. The first-order chi connectivity index (χ1) is 4.63. The lowest BCUT2D eigenvalue weighted by molar-refractivity contribution is -0.252. The van der Waals surface area contributed by atoms with E-state index in [0.717, 1.165) is 0 Å². The van der Waals surface area contributed by atoms with Crippen molar-refractivity contribution in [3.05, 3.63) is 0 Å². The van der Waals surface area contributed by atoms with Crippen LogP contribution in [0, 0.1) is 0 Å². The number of rotatable bonds is 0. The van der Waals surface area contributed by atoms with E-state index >= 15 is 0 Å². The average molecular weight is 151 g/mol. The first-order valence-corrected chi connectivity index (χ1v) is 2.97. The van der Waals surface area contributed by atoms with Crippen LogP contribution in [-0.4, -0.2) is 51.6 Å². The largest absolute Gasteiger partial charge is 0.388 e. The topological polar surface area (TPSA) is 90.2 Å². The van der Waals surface area contributed by atoms with Gasteiger partial charge in [-0.3, -0.25) is 0 Å². The maximum absolute atomic E-state index is 8.88. The fourth-order valence-electron chi connectivity index (χ4n) is 0.791. The molecule has 0 aromatic rings. The number of hydrogen-bond acceptors (Lipinski definition) is 5. The Kier molecular flexibility index (Phi) is 2.22. The third-order valence-electron chi connectivity index (χ3n) is 1.47. The fourth-order valence-corrected chi connectivity index (χ4v) is 0.791. The van der Waals surface area contributed by atoms with Crippen LogP contribution in [0.4, 0.5) is 0 Å². The average Bonchev–Trinajstić information content (AvgIpc) is 1.93. The smallest absolute Gasteiger partial charge is 0.183 e. The van der Waals surface area contributed by atoms with Crippen molar-refractivity contribution in [3.63, 3.8) is 0 Å². The Labute approximate surface area is 57.5 Å². The fraction of sp³-hybridized carbons (Fsp3) is 1.00. The van der Waals surface area contributed by atoms with Crippen molar-refractivity contribution < 1.29 is 25.2 Å². The highest BCUT2D eigenvalue weighted by atomic mass is 16.7. The van der Waals surface area contributed by atoms with E-state index in [9.17, 15) is 0 Å². The van der Waals surface area contributed by atoms with Crippen molar-refractivity contribution in [2.75, 3.05) is 6.61 Å². The molecule has 4 atom stereocenters. The molecule has 0 bridgehead atoms. The zero-order valence-electron chi connectivity index (χ0n) is 5.21. The van der Waals surface area contributed by atoms with Gasteiger partial charge in [0, 0.05) is 0 Å². The maximum atomic E-state index is 8.88. The molecule has 0 aromatic carbocycles. The Morgan fingerprint density at radius 2 is 1.60 bits per heavy atom. The van der Waals surface area contributed by atoms with E-state index in [1.807, 2.05) is 0 Å². The molecule has 0 radical (unpaired) electrons. The second-order valence-electron chi connectivity index (χ2n) is 2.27. The first kappa shape index (κ1) is 7.90. The molecule has 1 unspecified atom stereocenters. The van der Waals surface area contributed by atoms with Gasteiger partial charge >= 0.3 is 0 Å². The Morgan fingerprint density at radius 1 is 1.00 bits per heavy atom. The molecule has 4 N–H and O–H groups in total.